The highest BCUT2D eigenvalue weighted by Crippen LogP contribution is 2.36. The van der Waals surface area contributed by atoms with Crippen LogP contribution in [0.4, 0.5) is 26.3 Å². The van der Waals surface area contributed by atoms with Crippen LogP contribution in [0.15, 0.2) is 35.4 Å². The van der Waals surface area contributed by atoms with Gasteiger partial charge in [0.1, 0.15) is 5.69 Å². The number of rotatable bonds is 4. The fourth-order valence-electron chi connectivity index (χ4n) is 3.57. The van der Waals surface area contributed by atoms with Crippen molar-refractivity contribution in [2.45, 2.75) is 24.2 Å². The molecule has 0 atom stereocenters. The van der Waals surface area contributed by atoms with E-state index in [4.69, 9.17) is 0 Å². The van der Waals surface area contributed by atoms with Gasteiger partial charge in [0.25, 0.3) is 0 Å². The average molecular weight is 518 g/mol. The summed E-state index contributed by atoms with van der Waals surface area (Å²) in [6, 6.07) is 4.16. The Kier molecular flexibility index (Phi) is 5.65. The first-order valence-electron chi connectivity index (χ1n) is 9.89. The molecule has 0 saturated carbocycles. The molecule has 3 aromatic heterocycles. The summed E-state index contributed by atoms with van der Waals surface area (Å²) in [6.07, 6.45) is -8.47. The normalized spacial score (nSPS) is 13.1. The van der Waals surface area contributed by atoms with Gasteiger partial charge in [-0.2, -0.15) is 26.3 Å². The van der Waals surface area contributed by atoms with E-state index < -0.39 is 33.7 Å². The summed E-state index contributed by atoms with van der Waals surface area (Å²) in [7, 11) is -1.38. The van der Waals surface area contributed by atoms with Gasteiger partial charge in [0.15, 0.2) is 21.5 Å². The number of fused-ring (bicyclic) bond motifs is 1. The van der Waals surface area contributed by atoms with Crippen molar-refractivity contribution in [2.24, 2.45) is 14.1 Å². The summed E-state index contributed by atoms with van der Waals surface area (Å²) in [6.45, 7) is 1.38. The van der Waals surface area contributed by atoms with Gasteiger partial charge in [-0.3, -0.25) is 4.98 Å². The third-order valence-electron chi connectivity index (χ3n) is 5.38. The molecule has 8 nitrogen and oxygen atoms in total. The van der Waals surface area contributed by atoms with Crippen LogP contribution in [0.25, 0.3) is 33.8 Å². The van der Waals surface area contributed by atoms with Gasteiger partial charge >= 0.3 is 12.4 Å². The Bertz CT molecular complexity index is 1540. The maximum Gasteiger partial charge on any atom is 0.449 e. The summed E-state index contributed by atoms with van der Waals surface area (Å²) < 4.78 is 106. The molecule has 0 saturated heterocycles. The van der Waals surface area contributed by atoms with Gasteiger partial charge in [-0.1, -0.05) is 6.92 Å². The highest BCUT2D eigenvalue weighted by atomic mass is 32.2. The summed E-state index contributed by atoms with van der Waals surface area (Å²) in [5, 5.41) is 7.91. The maximum absolute atomic E-state index is 13.4. The lowest BCUT2D eigenvalue weighted by Crippen LogP contribution is -2.12. The average Bonchev–Trinajstić information content (AvgIpc) is 3.32. The molecule has 4 aromatic rings. The van der Waals surface area contributed by atoms with Gasteiger partial charge in [-0.05, 0) is 24.3 Å². The zero-order valence-corrected chi connectivity index (χ0v) is 19.1. The third kappa shape index (κ3) is 4.24. The van der Waals surface area contributed by atoms with Gasteiger partial charge in [-0.25, -0.2) is 13.4 Å². The van der Waals surface area contributed by atoms with Crippen LogP contribution in [0.5, 0.6) is 0 Å². The van der Waals surface area contributed by atoms with Crippen LogP contribution in [-0.4, -0.2) is 43.5 Å². The Labute approximate surface area is 194 Å². The van der Waals surface area contributed by atoms with E-state index in [-0.39, 0.29) is 44.5 Å². The molecule has 0 radical (unpaired) electrons. The van der Waals surface area contributed by atoms with Crippen molar-refractivity contribution in [1.29, 1.82) is 0 Å². The van der Waals surface area contributed by atoms with Gasteiger partial charge < -0.3 is 9.13 Å². The molecule has 15 heteroatoms. The number of imidazole rings is 1. The second kappa shape index (κ2) is 8.03. The highest BCUT2D eigenvalue weighted by Gasteiger charge is 2.37. The molecule has 4 rings (SSSR count). The molecule has 35 heavy (non-hydrogen) atoms. The topological polar surface area (TPSA) is 95.6 Å². The van der Waals surface area contributed by atoms with Crippen LogP contribution in [-0.2, 0) is 36.3 Å². The quantitative estimate of drug-likeness (QED) is 0.375. The van der Waals surface area contributed by atoms with E-state index in [9.17, 15) is 34.8 Å². The van der Waals surface area contributed by atoms with E-state index >= 15 is 0 Å². The van der Waals surface area contributed by atoms with Gasteiger partial charge in [0, 0.05) is 31.4 Å². The number of aromatic nitrogens is 6. The minimum Gasteiger partial charge on any atom is -0.323 e. The van der Waals surface area contributed by atoms with Crippen LogP contribution in [0.1, 0.15) is 18.4 Å². The number of aryl methyl sites for hydroxylation is 1. The Morgan fingerprint density at radius 1 is 0.914 bits per heavy atom. The predicted molar refractivity (Wildman–Crippen MR) is 112 cm³/mol. The molecule has 0 aliphatic heterocycles. The molecule has 0 spiro atoms. The number of halogens is 6. The molecule has 0 bridgehead atoms. The van der Waals surface area contributed by atoms with Crippen molar-refractivity contribution >= 4 is 20.9 Å². The van der Waals surface area contributed by atoms with Crippen molar-refractivity contribution in [3.63, 3.8) is 0 Å². The molecular formula is C20H16F6N6O2S. The predicted octanol–water partition coefficient (Wildman–Crippen LogP) is 4.26. The second-order valence-electron chi connectivity index (χ2n) is 7.57. The standard InChI is InChI=1S/C20H16F6N6O2S/c1-4-35(33,34)14-8-13-12(28-18(31(13)2)20(24,25)26)7-11(14)17-30-29-16(32(17)3)10-5-6-15(27-9-10)19(21,22)23/h5-9H,4H2,1-3H3. The largest absolute Gasteiger partial charge is 0.449 e. The number of hydrogen-bond acceptors (Lipinski definition) is 6. The molecule has 0 N–H and O–H groups in total. The first-order valence-corrected chi connectivity index (χ1v) is 11.5. The number of hydrogen-bond donors (Lipinski definition) is 0. The van der Waals surface area contributed by atoms with E-state index in [2.05, 4.69) is 20.2 Å². The SMILES string of the molecule is CCS(=O)(=O)c1cc2c(cc1-c1nnc(-c3ccc(C(F)(F)F)nc3)n1C)nc(C(F)(F)F)n2C. The molecular weight excluding hydrogens is 502 g/mol. The van der Waals surface area contributed by atoms with Crippen molar-refractivity contribution in [3.05, 3.63) is 42.0 Å². The van der Waals surface area contributed by atoms with E-state index in [1.165, 1.54) is 24.6 Å². The van der Waals surface area contributed by atoms with Gasteiger partial charge in [0.05, 0.1) is 21.7 Å². The molecule has 0 amide bonds. The minimum absolute atomic E-state index is 0.0342. The molecule has 0 aliphatic carbocycles. The van der Waals surface area contributed by atoms with Crippen LogP contribution in [0, 0.1) is 0 Å². The van der Waals surface area contributed by atoms with Crippen molar-refractivity contribution in [2.75, 3.05) is 5.75 Å². The molecule has 1 aromatic carbocycles. The summed E-state index contributed by atoms with van der Waals surface area (Å²) in [5.41, 5.74) is -1.17. The van der Waals surface area contributed by atoms with E-state index in [0.29, 0.717) is 0 Å². The first kappa shape index (κ1) is 24.6. The monoisotopic (exact) mass is 518 g/mol. The Hall–Kier alpha value is -3.49. The lowest BCUT2D eigenvalue weighted by atomic mass is 10.1. The number of alkyl halides is 6. The van der Waals surface area contributed by atoms with Crippen LogP contribution < -0.4 is 0 Å². The molecule has 0 unspecified atom stereocenters. The fraction of sp³-hybridized carbons (Fsp3) is 0.300. The Morgan fingerprint density at radius 3 is 2.11 bits per heavy atom. The molecule has 3 heterocycles. The second-order valence-corrected chi connectivity index (χ2v) is 9.82. The Balaban J connectivity index is 1.93. The van der Waals surface area contributed by atoms with Crippen LogP contribution in [0.3, 0.4) is 0 Å². The Morgan fingerprint density at radius 2 is 1.57 bits per heavy atom. The molecule has 186 valence electrons. The lowest BCUT2D eigenvalue weighted by molar-refractivity contribution is -0.146. The van der Waals surface area contributed by atoms with Crippen LogP contribution >= 0.6 is 0 Å². The van der Waals surface area contributed by atoms with E-state index in [1.54, 1.807) is 0 Å². The summed E-state index contributed by atoms with van der Waals surface area (Å²) in [5.74, 6) is -1.52. The van der Waals surface area contributed by atoms with Crippen molar-refractivity contribution in [3.8, 4) is 22.8 Å². The van der Waals surface area contributed by atoms with Gasteiger partial charge in [-0.15, -0.1) is 10.2 Å². The third-order valence-corrected chi connectivity index (χ3v) is 7.15. The van der Waals surface area contributed by atoms with Crippen molar-refractivity contribution in [1.82, 2.24) is 29.3 Å². The number of pyridine rings is 1. The van der Waals surface area contributed by atoms with Crippen molar-refractivity contribution < 1.29 is 34.8 Å². The highest BCUT2D eigenvalue weighted by molar-refractivity contribution is 7.91. The zero-order valence-electron chi connectivity index (χ0n) is 18.3. The zero-order chi connectivity index (χ0) is 25.9. The summed E-state index contributed by atoms with van der Waals surface area (Å²) in [4.78, 5) is 6.71. The lowest BCUT2D eigenvalue weighted by Gasteiger charge is -2.11. The minimum atomic E-state index is -4.77. The number of benzene rings is 1. The fourth-order valence-corrected chi connectivity index (χ4v) is 4.66. The van der Waals surface area contributed by atoms with E-state index in [0.717, 1.165) is 36.0 Å². The molecule has 0 fully saturated rings. The first-order chi connectivity index (χ1) is 16.1. The van der Waals surface area contributed by atoms with Crippen LogP contribution in [0.2, 0.25) is 0 Å². The summed E-state index contributed by atoms with van der Waals surface area (Å²) >= 11 is 0. The maximum atomic E-state index is 13.4. The van der Waals surface area contributed by atoms with E-state index in [1.807, 2.05) is 0 Å². The molecule has 0 aliphatic rings. The number of nitrogens with zero attached hydrogens (tertiary/aromatic N) is 6. The number of sulfone groups is 1. The van der Waals surface area contributed by atoms with Gasteiger partial charge in [0.2, 0.25) is 5.82 Å². The smallest absolute Gasteiger partial charge is 0.323 e.